The lowest BCUT2D eigenvalue weighted by atomic mass is 9.84. The van der Waals surface area contributed by atoms with Gasteiger partial charge >= 0.3 is 0 Å². The molecule has 0 radical (unpaired) electrons. The van der Waals surface area contributed by atoms with Gasteiger partial charge in [0.2, 0.25) is 0 Å². The fourth-order valence-electron chi connectivity index (χ4n) is 2.03. The van der Waals surface area contributed by atoms with Gasteiger partial charge in [-0.15, -0.1) is 0 Å². The van der Waals surface area contributed by atoms with Crippen LogP contribution in [0.3, 0.4) is 0 Å². The summed E-state index contributed by atoms with van der Waals surface area (Å²) < 4.78 is 0. The molecule has 0 N–H and O–H groups in total. The molecule has 2 rings (SSSR count). The molecule has 0 saturated heterocycles. The molecule has 1 fully saturated rings. The summed E-state index contributed by atoms with van der Waals surface area (Å²) in [6.07, 6.45) is 2.33. The number of benzene rings is 1. The molecule has 0 heterocycles. The molecular formula is C15H19ClO. The molecule has 92 valence electrons. The van der Waals surface area contributed by atoms with E-state index in [0.717, 1.165) is 5.56 Å². The maximum absolute atomic E-state index is 12.3. The van der Waals surface area contributed by atoms with Crippen molar-refractivity contribution in [2.45, 2.75) is 46.0 Å². The first kappa shape index (κ1) is 12.6. The van der Waals surface area contributed by atoms with Crippen LogP contribution in [0.2, 0.25) is 5.02 Å². The monoisotopic (exact) mass is 250 g/mol. The lowest BCUT2D eigenvalue weighted by molar-refractivity contribution is 0.0858. The van der Waals surface area contributed by atoms with Gasteiger partial charge in [-0.3, -0.25) is 4.79 Å². The first-order valence-electron chi connectivity index (χ1n) is 6.09. The molecule has 1 aliphatic rings. The van der Waals surface area contributed by atoms with Gasteiger partial charge in [-0.2, -0.15) is 0 Å². The lowest BCUT2D eigenvalue weighted by Crippen LogP contribution is -2.21. The zero-order valence-corrected chi connectivity index (χ0v) is 11.7. The van der Waals surface area contributed by atoms with Gasteiger partial charge in [0.05, 0.1) is 5.02 Å². The van der Waals surface area contributed by atoms with Crippen LogP contribution in [-0.4, -0.2) is 5.78 Å². The van der Waals surface area contributed by atoms with Gasteiger partial charge in [-0.1, -0.05) is 51.4 Å². The van der Waals surface area contributed by atoms with E-state index in [4.69, 9.17) is 11.6 Å². The summed E-state index contributed by atoms with van der Waals surface area (Å²) in [6, 6.07) is 5.84. The topological polar surface area (TPSA) is 17.1 Å². The maximum Gasteiger partial charge on any atom is 0.169 e. The van der Waals surface area contributed by atoms with Crippen LogP contribution in [0.4, 0.5) is 0 Å². The average Bonchev–Trinajstić information content (AvgIpc) is 2.95. The Kier molecular flexibility index (Phi) is 2.86. The molecule has 1 aromatic rings. The Hall–Kier alpha value is -0.820. The van der Waals surface area contributed by atoms with E-state index in [1.54, 1.807) is 0 Å². The van der Waals surface area contributed by atoms with Crippen LogP contribution in [-0.2, 0) is 5.41 Å². The third-order valence-electron chi connectivity index (χ3n) is 3.57. The van der Waals surface area contributed by atoms with Crippen LogP contribution in [0.5, 0.6) is 0 Å². The zero-order valence-electron chi connectivity index (χ0n) is 10.9. The Labute approximate surface area is 108 Å². The maximum atomic E-state index is 12.3. The van der Waals surface area contributed by atoms with Crippen LogP contribution in [0.1, 0.15) is 56.5 Å². The van der Waals surface area contributed by atoms with Gasteiger partial charge in [-0.05, 0) is 29.9 Å². The van der Waals surface area contributed by atoms with E-state index < -0.39 is 0 Å². The molecule has 0 amide bonds. The van der Waals surface area contributed by atoms with Crippen molar-refractivity contribution in [2.75, 3.05) is 0 Å². The summed E-state index contributed by atoms with van der Waals surface area (Å²) in [4.78, 5) is 12.3. The molecule has 1 nitrogen and oxygen atoms in total. The molecule has 2 heteroatoms. The highest BCUT2D eigenvalue weighted by atomic mass is 35.5. The largest absolute Gasteiger partial charge is 0.294 e. The van der Waals surface area contributed by atoms with Crippen molar-refractivity contribution in [2.24, 2.45) is 5.41 Å². The van der Waals surface area contributed by atoms with Crippen LogP contribution in [0, 0.1) is 5.41 Å². The highest BCUT2D eigenvalue weighted by Gasteiger charge is 2.41. The zero-order chi connectivity index (χ0) is 12.8. The number of hydrogen-bond acceptors (Lipinski definition) is 1. The Morgan fingerprint density at radius 1 is 1.29 bits per heavy atom. The van der Waals surface area contributed by atoms with Gasteiger partial charge < -0.3 is 0 Å². The molecule has 0 atom stereocenters. The summed E-state index contributed by atoms with van der Waals surface area (Å²) >= 11 is 6.41. The SMILES string of the molecule is CC(C)(C)C(=O)c1cccc(C2(C)CC2)c1Cl. The molecule has 0 aromatic heterocycles. The molecular weight excluding hydrogens is 232 g/mol. The molecule has 17 heavy (non-hydrogen) atoms. The fourth-order valence-corrected chi connectivity index (χ4v) is 2.47. The van der Waals surface area contributed by atoms with Crippen molar-refractivity contribution in [3.05, 3.63) is 34.3 Å². The van der Waals surface area contributed by atoms with E-state index in [1.807, 2.05) is 32.9 Å². The molecule has 0 bridgehead atoms. The van der Waals surface area contributed by atoms with E-state index >= 15 is 0 Å². The number of hydrogen-bond donors (Lipinski definition) is 0. The molecule has 1 saturated carbocycles. The van der Waals surface area contributed by atoms with Crippen molar-refractivity contribution in [1.82, 2.24) is 0 Å². The second-order valence-electron chi connectivity index (χ2n) is 6.31. The summed E-state index contributed by atoms with van der Waals surface area (Å²) in [5.41, 5.74) is 1.62. The first-order valence-corrected chi connectivity index (χ1v) is 6.47. The van der Waals surface area contributed by atoms with Gasteiger partial charge in [0, 0.05) is 11.0 Å². The fraction of sp³-hybridized carbons (Fsp3) is 0.533. The second-order valence-corrected chi connectivity index (χ2v) is 6.68. The van der Waals surface area contributed by atoms with Crippen molar-refractivity contribution in [3.63, 3.8) is 0 Å². The number of halogens is 1. The number of ketones is 1. The number of carbonyl (C=O) groups excluding carboxylic acids is 1. The van der Waals surface area contributed by atoms with Crippen molar-refractivity contribution >= 4 is 17.4 Å². The van der Waals surface area contributed by atoms with E-state index in [9.17, 15) is 4.79 Å². The smallest absolute Gasteiger partial charge is 0.169 e. The summed E-state index contributed by atoms with van der Waals surface area (Å²) in [5, 5.41) is 0.660. The average molecular weight is 251 g/mol. The van der Waals surface area contributed by atoms with Gasteiger partial charge in [0.25, 0.3) is 0 Å². The van der Waals surface area contributed by atoms with E-state index in [0.29, 0.717) is 10.6 Å². The molecule has 1 aromatic carbocycles. The predicted octanol–water partition coefficient (Wildman–Crippen LogP) is 4.62. The molecule has 1 aliphatic carbocycles. The highest BCUT2D eigenvalue weighted by Crippen LogP contribution is 2.50. The van der Waals surface area contributed by atoms with Gasteiger partial charge in [-0.25, -0.2) is 0 Å². The summed E-state index contributed by atoms with van der Waals surface area (Å²) in [6.45, 7) is 7.99. The number of rotatable bonds is 2. The van der Waals surface area contributed by atoms with E-state index in [1.165, 1.54) is 12.8 Å². The standard InChI is InChI=1S/C15H19ClO/c1-14(2,3)13(17)10-6-5-7-11(12(10)16)15(4)8-9-15/h5-7H,8-9H2,1-4H3. The summed E-state index contributed by atoms with van der Waals surface area (Å²) in [5.74, 6) is 0.119. The van der Waals surface area contributed by atoms with E-state index in [-0.39, 0.29) is 16.6 Å². The normalized spacial score (nSPS) is 17.9. The Balaban J connectivity index is 2.47. The first-order chi connectivity index (χ1) is 7.76. The third kappa shape index (κ3) is 2.26. The van der Waals surface area contributed by atoms with Crippen LogP contribution < -0.4 is 0 Å². The van der Waals surface area contributed by atoms with Crippen molar-refractivity contribution in [3.8, 4) is 0 Å². The van der Waals surface area contributed by atoms with Gasteiger partial charge in [0.1, 0.15) is 0 Å². The quantitative estimate of drug-likeness (QED) is 0.700. The summed E-state index contributed by atoms with van der Waals surface area (Å²) in [7, 11) is 0. The number of Topliss-reactive ketones (excluding diaryl/α,β-unsaturated/α-hetero) is 1. The molecule has 0 aliphatic heterocycles. The van der Waals surface area contributed by atoms with Crippen molar-refractivity contribution < 1.29 is 4.79 Å². The van der Waals surface area contributed by atoms with Crippen LogP contribution >= 0.6 is 11.6 Å². The Bertz CT molecular complexity index is 464. The highest BCUT2D eigenvalue weighted by molar-refractivity contribution is 6.35. The third-order valence-corrected chi connectivity index (χ3v) is 3.98. The van der Waals surface area contributed by atoms with Crippen LogP contribution in [0.15, 0.2) is 18.2 Å². The second kappa shape index (κ2) is 3.84. The van der Waals surface area contributed by atoms with Crippen molar-refractivity contribution in [1.29, 1.82) is 0 Å². The van der Waals surface area contributed by atoms with E-state index in [2.05, 4.69) is 13.0 Å². The van der Waals surface area contributed by atoms with Gasteiger partial charge in [0.15, 0.2) is 5.78 Å². The van der Waals surface area contributed by atoms with Crippen LogP contribution in [0.25, 0.3) is 0 Å². The Morgan fingerprint density at radius 3 is 2.35 bits per heavy atom. The lowest BCUT2D eigenvalue weighted by Gasteiger charge is -2.20. The molecule has 0 unspecified atom stereocenters. The minimum Gasteiger partial charge on any atom is -0.294 e. The minimum absolute atomic E-state index is 0.119. The minimum atomic E-state index is -0.382. The number of carbonyl (C=O) groups is 1. The predicted molar refractivity (Wildman–Crippen MR) is 71.8 cm³/mol. The Morgan fingerprint density at radius 2 is 1.88 bits per heavy atom. The molecule has 0 spiro atoms.